The van der Waals surface area contributed by atoms with E-state index >= 15 is 0 Å². The van der Waals surface area contributed by atoms with Crippen molar-refractivity contribution >= 4 is 10.9 Å². The van der Waals surface area contributed by atoms with E-state index in [1.807, 2.05) is 13.0 Å². The maximum absolute atomic E-state index is 11.3. The number of nitrogens with zero attached hydrogens (tertiary/aromatic N) is 1. The third-order valence-corrected chi connectivity index (χ3v) is 2.02. The Morgan fingerprint density at radius 1 is 1.29 bits per heavy atom. The topological polar surface area (TPSA) is 50.2 Å². The molecular formula is C11H9NO2. The SMILES string of the molecule is Cc1cnc2ccc(O)c(=O)cc2c1. The third-order valence-electron chi connectivity index (χ3n) is 2.02. The highest BCUT2D eigenvalue weighted by molar-refractivity contribution is 5.78. The Labute approximate surface area is 80.7 Å². The molecule has 3 nitrogen and oxygen atoms in total. The van der Waals surface area contributed by atoms with Crippen molar-refractivity contribution in [2.45, 2.75) is 6.92 Å². The number of pyridine rings is 1. The van der Waals surface area contributed by atoms with Gasteiger partial charge < -0.3 is 5.11 Å². The molecule has 0 radical (unpaired) electrons. The Bertz CT molecular complexity index is 549. The largest absolute Gasteiger partial charge is 0.504 e. The second kappa shape index (κ2) is 3.10. The molecule has 0 saturated heterocycles. The van der Waals surface area contributed by atoms with Crippen LogP contribution in [0.5, 0.6) is 5.75 Å². The molecule has 0 aliphatic rings. The molecule has 0 aliphatic heterocycles. The maximum atomic E-state index is 11.3. The summed E-state index contributed by atoms with van der Waals surface area (Å²) in [4.78, 5) is 15.4. The van der Waals surface area contributed by atoms with Crippen LogP contribution in [0.1, 0.15) is 5.56 Å². The summed E-state index contributed by atoms with van der Waals surface area (Å²) in [6.45, 7) is 1.91. The van der Waals surface area contributed by atoms with Crippen LogP contribution in [-0.4, -0.2) is 10.1 Å². The van der Waals surface area contributed by atoms with E-state index < -0.39 is 0 Å². The summed E-state index contributed by atoms with van der Waals surface area (Å²) in [5.41, 5.74) is 1.31. The van der Waals surface area contributed by atoms with E-state index in [2.05, 4.69) is 4.98 Å². The fourth-order valence-corrected chi connectivity index (χ4v) is 1.31. The van der Waals surface area contributed by atoms with Crippen molar-refractivity contribution in [3.05, 3.63) is 46.2 Å². The summed E-state index contributed by atoms with van der Waals surface area (Å²) in [6, 6.07) is 6.26. The molecule has 0 bridgehead atoms. The van der Waals surface area contributed by atoms with E-state index in [1.165, 1.54) is 12.1 Å². The number of rotatable bonds is 0. The smallest absolute Gasteiger partial charge is 0.220 e. The van der Waals surface area contributed by atoms with Gasteiger partial charge in [-0.1, -0.05) is 0 Å². The second-order valence-corrected chi connectivity index (χ2v) is 3.21. The predicted molar refractivity (Wildman–Crippen MR) is 54.4 cm³/mol. The lowest BCUT2D eigenvalue weighted by Crippen LogP contribution is -1.92. The van der Waals surface area contributed by atoms with Crippen LogP contribution in [0.4, 0.5) is 0 Å². The zero-order chi connectivity index (χ0) is 10.1. The van der Waals surface area contributed by atoms with Crippen molar-refractivity contribution < 1.29 is 5.11 Å². The van der Waals surface area contributed by atoms with E-state index in [1.54, 1.807) is 12.3 Å². The molecule has 0 unspecified atom stereocenters. The minimum atomic E-state index is -0.382. The van der Waals surface area contributed by atoms with Crippen LogP contribution in [0, 0.1) is 6.92 Å². The molecule has 1 aromatic heterocycles. The van der Waals surface area contributed by atoms with Crippen molar-refractivity contribution in [1.29, 1.82) is 0 Å². The predicted octanol–water partition coefficient (Wildman–Crippen LogP) is 1.61. The molecule has 0 saturated carbocycles. The summed E-state index contributed by atoms with van der Waals surface area (Å²) in [7, 11) is 0. The summed E-state index contributed by atoms with van der Waals surface area (Å²) < 4.78 is 0. The van der Waals surface area contributed by atoms with Gasteiger partial charge in [0.25, 0.3) is 0 Å². The third kappa shape index (κ3) is 1.44. The number of hydrogen-bond donors (Lipinski definition) is 1. The van der Waals surface area contributed by atoms with Gasteiger partial charge in [0.1, 0.15) is 0 Å². The Balaban J connectivity index is 2.94. The monoisotopic (exact) mass is 187 g/mol. The van der Waals surface area contributed by atoms with Crippen LogP contribution in [0.2, 0.25) is 0 Å². The van der Waals surface area contributed by atoms with Gasteiger partial charge in [0.15, 0.2) is 5.75 Å². The van der Waals surface area contributed by atoms with Gasteiger partial charge in [-0.3, -0.25) is 9.78 Å². The van der Waals surface area contributed by atoms with Crippen molar-refractivity contribution in [1.82, 2.24) is 4.98 Å². The molecule has 1 heterocycles. The van der Waals surface area contributed by atoms with E-state index in [0.29, 0.717) is 5.52 Å². The van der Waals surface area contributed by atoms with Gasteiger partial charge in [0, 0.05) is 11.6 Å². The van der Waals surface area contributed by atoms with Crippen molar-refractivity contribution in [3.63, 3.8) is 0 Å². The first-order valence-corrected chi connectivity index (χ1v) is 4.26. The summed E-state index contributed by atoms with van der Waals surface area (Å²) in [6.07, 6.45) is 1.73. The molecule has 0 fully saturated rings. The van der Waals surface area contributed by atoms with Gasteiger partial charge in [0.05, 0.1) is 5.52 Å². The minimum absolute atomic E-state index is 0.249. The molecule has 0 spiro atoms. The lowest BCUT2D eigenvalue weighted by molar-refractivity contribution is 0.471. The highest BCUT2D eigenvalue weighted by atomic mass is 16.3. The standard InChI is InChI=1S/C11H9NO2/c1-7-4-8-5-11(14)10(13)3-2-9(8)12-6-7/h2-6H,1H3,(H,13,14). The zero-order valence-electron chi connectivity index (χ0n) is 7.69. The van der Waals surface area contributed by atoms with Gasteiger partial charge in [0.2, 0.25) is 5.43 Å². The van der Waals surface area contributed by atoms with Crippen LogP contribution < -0.4 is 5.43 Å². The van der Waals surface area contributed by atoms with Crippen LogP contribution in [0.15, 0.2) is 35.3 Å². The average molecular weight is 187 g/mol. The molecule has 0 aliphatic carbocycles. The molecule has 0 atom stereocenters. The number of aromatic hydroxyl groups is 1. The van der Waals surface area contributed by atoms with Crippen LogP contribution >= 0.6 is 0 Å². The first kappa shape index (κ1) is 8.69. The Kier molecular flexibility index (Phi) is 1.93. The van der Waals surface area contributed by atoms with Crippen LogP contribution in [0.25, 0.3) is 10.9 Å². The number of aryl methyl sites for hydroxylation is 1. The first-order chi connectivity index (χ1) is 6.66. The Morgan fingerprint density at radius 2 is 2.07 bits per heavy atom. The molecule has 0 amide bonds. The van der Waals surface area contributed by atoms with Crippen LogP contribution in [-0.2, 0) is 0 Å². The highest BCUT2D eigenvalue weighted by Gasteiger charge is 1.97. The van der Waals surface area contributed by atoms with E-state index in [4.69, 9.17) is 0 Å². The van der Waals surface area contributed by atoms with Gasteiger partial charge in [-0.15, -0.1) is 0 Å². The summed E-state index contributed by atoms with van der Waals surface area (Å²) in [5, 5.41) is 9.97. The number of aromatic nitrogens is 1. The fourth-order valence-electron chi connectivity index (χ4n) is 1.31. The maximum Gasteiger partial charge on any atom is 0.220 e. The van der Waals surface area contributed by atoms with Crippen molar-refractivity contribution in [3.8, 4) is 5.75 Å². The second-order valence-electron chi connectivity index (χ2n) is 3.21. The van der Waals surface area contributed by atoms with E-state index in [9.17, 15) is 9.90 Å². The molecule has 70 valence electrons. The lowest BCUT2D eigenvalue weighted by Gasteiger charge is -1.92. The van der Waals surface area contributed by atoms with E-state index in [-0.39, 0.29) is 11.2 Å². The molecule has 1 N–H and O–H groups in total. The highest BCUT2D eigenvalue weighted by Crippen LogP contribution is 2.11. The normalized spacial score (nSPS) is 10.4. The summed E-state index contributed by atoms with van der Waals surface area (Å²) in [5.74, 6) is -0.249. The molecular weight excluding hydrogens is 178 g/mol. The molecule has 2 rings (SSSR count). The molecule has 14 heavy (non-hydrogen) atoms. The fraction of sp³-hybridized carbons (Fsp3) is 0.0909. The van der Waals surface area contributed by atoms with Crippen LogP contribution in [0.3, 0.4) is 0 Å². The van der Waals surface area contributed by atoms with Crippen molar-refractivity contribution in [2.24, 2.45) is 0 Å². The molecule has 1 aromatic carbocycles. The van der Waals surface area contributed by atoms with Gasteiger partial charge in [-0.05, 0) is 36.8 Å². The van der Waals surface area contributed by atoms with Gasteiger partial charge in [-0.2, -0.15) is 0 Å². The minimum Gasteiger partial charge on any atom is -0.504 e. The molecule has 3 heteroatoms. The Hall–Kier alpha value is -1.90. The quantitative estimate of drug-likeness (QED) is 0.681. The number of fused-ring (bicyclic) bond motifs is 1. The average Bonchev–Trinajstić information content (AvgIpc) is 2.27. The van der Waals surface area contributed by atoms with E-state index in [0.717, 1.165) is 10.9 Å². The lowest BCUT2D eigenvalue weighted by atomic mass is 10.2. The zero-order valence-corrected chi connectivity index (χ0v) is 7.69. The van der Waals surface area contributed by atoms with Gasteiger partial charge >= 0.3 is 0 Å². The van der Waals surface area contributed by atoms with Crippen molar-refractivity contribution in [2.75, 3.05) is 0 Å². The van der Waals surface area contributed by atoms with Gasteiger partial charge in [-0.25, -0.2) is 0 Å². The first-order valence-electron chi connectivity index (χ1n) is 4.26. The number of hydrogen-bond acceptors (Lipinski definition) is 3. The molecule has 2 aromatic rings. The Morgan fingerprint density at radius 3 is 2.86 bits per heavy atom. The summed E-state index contributed by atoms with van der Waals surface area (Å²) >= 11 is 0.